The Labute approximate surface area is 150 Å². The predicted octanol–water partition coefficient (Wildman–Crippen LogP) is 4.42. The van der Waals surface area contributed by atoms with E-state index in [0.717, 1.165) is 18.4 Å². The lowest BCUT2D eigenvalue weighted by atomic mass is 10.1. The number of halogens is 2. The number of hydrogen-bond acceptors (Lipinski definition) is 4. The molecule has 2 rings (SSSR count). The van der Waals surface area contributed by atoms with E-state index < -0.39 is 0 Å². The van der Waals surface area contributed by atoms with Crippen LogP contribution in [0.15, 0.2) is 23.0 Å². The Kier molecular flexibility index (Phi) is 6.40. The maximum atomic E-state index is 12.3. The molecule has 0 amide bonds. The van der Waals surface area contributed by atoms with Gasteiger partial charge in [0.05, 0.1) is 21.5 Å². The van der Waals surface area contributed by atoms with E-state index in [1.807, 2.05) is 6.07 Å². The molecule has 0 radical (unpaired) electrons. The van der Waals surface area contributed by atoms with Crippen LogP contribution in [0.4, 0.5) is 5.95 Å². The van der Waals surface area contributed by atoms with Gasteiger partial charge >= 0.3 is 0 Å². The van der Waals surface area contributed by atoms with E-state index in [9.17, 15) is 4.79 Å². The summed E-state index contributed by atoms with van der Waals surface area (Å²) in [6.45, 7) is 4.14. The number of unbranched alkanes of at least 4 members (excludes halogenated alkanes) is 1. The maximum absolute atomic E-state index is 12.3. The normalized spacial score (nSPS) is 10.7. The molecule has 0 atom stereocenters. The van der Waals surface area contributed by atoms with Crippen molar-refractivity contribution < 1.29 is 0 Å². The molecular formula is C17H20Cl2N4O. The first-order valence-corrected chi connectivity index (χ1v) is 8.54. The monoisotopic (exact) mass is 366 g/mol. The van der Waals surface area contributed by atoms with Crippen molar-refractivity contribution in [2.75, 3.05) is 5.32 Å². The van der Waals surface area contributed by atoms with Crippen LogP contribution in [0.25, 0.3) is 0 Å². The molecule has 7 heteroatoms. The second-order valence-electron chi connectivity index (χ2n) is 5.57. The zero-order valence-electron chi connectivity index (χ0n) is 13.7. The van der Waals surface area contributed by atoms with Gasteiger partial charge in [0.15, 0.2) is 0 Å². The Bertz CT molecular complexity index is 802. The van der Waals surface area contributed by atoms with Gasteiger partial charge in [0.25, 0.3) is 5.56 Å². The lowest BCUT2D eigenvalue weighted by molar-refractivity contribution is 0.779. The molecule has 2 aromatic rings. The summed E-state index contributed by atoms with van der Waals surface area (Å²) in [5.74, 6) is 0.341. The molecule has 1 aromatic heterocycles. The highest BCUT2D eigenvalue weighted by Crippen LogP contribution is 2.22. The third kappa shape index (κ3) is 4.58. The number of rotatable bonds is 7. The van der Waals surface area contributed by atoms with Crippen LogP contribution in [0.3, 0.4) is 0 Å². The number of nitrogens with zero attached hydrogens (tertiary/aromatic N) is 1. The van der Waals surface area contributed by atoms with Crippen LogP contribution < -0.4 is 10.9 Å². The van der Waals surface area contributed by atoms with Crippen molar-refractivity contribution in [3.05, 3.63) is 55.4 Å². The van der Waals surface area contributed by atoms with Crippen LogP contribution >= 0.6 is 23.2 Å². The maximum Gasteiger partial charge on any atom is 0.256 e. The topological polar surface area (TPSA) is 81.6 Å². The van der Waals surface area contributed by atoms with E-state index in [1.54, 1.807) is 19.1 Å². The van der Waals surface area contributed by atoms with E-state index >= 15 is 0 Å². The summed E-state index contributed by atoms with van der Waals surface area (Å²) in [4.78, 5) is 19.4. The second-order valence-corrected chi connectivity index (χ2v) is 6.39. The van der Waals surface area contributed by atoms with Crippen molar-refractivity contribution in [2.45, 2.75) is 39.7 Å². The van der Waals surface area contributed by atoms with Crippen LogP contribution in [0, 0.1) is 5.41 Å². The minimum Gasteiger partial charge on any atom is -0.352 e. The molecule has 5 nitrogen and oxygen atoms in total. The molecule has 0 aliphatic carbocycles. The largest absolute Gasteiger partial charge is 0.352 e. The molecule has 0 unspecified atom stereocenters. The molecular weight excluding hydrogens is 347 g/mol. The summed E-state index contributed by atoms with van der Waals surface area (Å²) >= 11 is 11.9. The Morgan fingerprint density at radius 3 is 2.71 bits per heavy atom. The average Bonchev–Trinajstić information content (AvgIpc) is 2.54. The number of benzene rings is 1. The van der Waals surface area contributed by atoms with Crippen LogP contribution in [0.2, 0.25) is 10.0 Å². The highest BCUT2D eigenvalue weighted by Gasteiger charge is 2.13. The van der Waals surface area contributed by atoms with Gasteiger partial charge in [0.2, 0.25) is 5.95 Å². The fourth-order valence-electron chi connectivity index (χ4n) is 2.31. The minimum absolute atomic E-state index is 0.198. The zero-order valence-corrected chi connectivity index (χ0v) is 15.2. The molecule has 0 spiro atoms. The summed E-state index contributed by atoms with van der Waals surface area (Å²) in [5.41, 5.74) is 2.02. The number of aromatic amines is 1. The highest BCUT2D eigenvalue weighted by molar-refractivity contribution is 6.42. The molecule has 1 heterocycles. The van der Waals surface area contributed by atoms with Gasteiger partial charge < -0.3 is 10.7 Å². The van der Waals surface area contributed by atoms with E-state index in [0.29, 0.717) is 40.2 Å². The molecule has 0 aliphatic heterocycles. The van der Waals surface area contributed by atoms with Gasteiger partial charge in [0.1, 0.15) is 0 Å². The second kappa shape index (κ2) is 8.31. The summed E-state index contributed by atoms with van der Waals surface area (Å²) in [6, 6.07) is 5.32. The first-order valence-electron chi connectivity index (χ1n) is 7.79. The molecule has 128 valence electrons. The molecule has 0 bridgehead atoms. The molecule has 0 saturated heterocycles. The van der Waals surface area contributed by atoms with Crippen LogP contribution in [-0.4, -0.2) is 15.7 Å². The van der Waals surface area contributed by atoms with Crippen molar-refractivity contribution in [3.63, 3.8) is 0 Å². The van der Waals surface area contributed by atoms with Crippen molar-refractivity contribution in [2.24, 2.45) is 0 Å². The van der Waals surface area contributed by atoms with Gasteiger partial charge in [-0.05, 0) is 37.5 Å². The summed E-state index contributed by atoms with van der Waals surface area (Å²) in [6.07, 6.45) is 2.49. The van der Waals surface area contributed by atoms with Crippen LogP contribution in [0.1, 0.15) is 43.5 Å². The van der Waals surface area contributed by atoms with Gasteiger partial charge in [-0.3, -0.25) is 9.78 Å². The number of nitrogens with one attached hydrogen (secondary N) is 3. The number of hydrogen-bond donors (Lipinski definition) is 3. The van der Waals surface area contributed by atoms with E-state index in [-0.39, 0.29) is 11.3 Å². The smallest absolute Gasteiger partial charge is 0.256 e. The summed E-state index contributed by atoms with van der Waals surface area (Å²) < 4.78 is 0. The van der Waals surface area contributed by atoms with Gasteiger partial charge in [0, 0.05) is 12.1 Å². The minimum atomic E-state index is -0.198. The molecule has 24 heavy (non-hydrogen) atoms. The Morgan fingerprint density at radius 2 is 2.08 bits per heavy atom. The number of anilines is 1. The van der Waals surface area contributed by atoms with E-state index in [4.69, 9.17) is 28.6 Å². The zero-order chi connectivity index (χ0) is 17.7. The Morgan fingerprint density at radius 1 is 1.33 bits per heavy atom. The number of aromatic nitrogens is 2. The fraction of sp³-hybridized carbons (Fsp3) is 0.353. The summed E-state index contributed by atoms with van der Waals surface area (Å²) in [7, 11) is 0. The van der Waals surface area contributed by atoms with Crippen LogP contribution in [-0.2, 0) is 13.0 Å². The SMILES string of the molecule is CCCCc1c(C(C)=N)nc(NCc2ccc(Cl)c(Cl)c2)[nH]c1=O. The van der Waals surface area contributed by atoms with Gasteiger partial charge in [-0.25, -0.2) is 4.98 Å². The third-order valence-electron chi connectivity index (χ3n) is 3.59. The van der Waals surface area contributed by atoms with E-state index in [1.165, 1.54) is 0 Å². The molecule has 0 aliphatic rings. The van der Waals surface area contributed by atoms with Crippen molar-refractivity contribution in [1.29, 1.82) is 5.41 Å². The lowest BCUT2D eigenvalue weighted by Gasteiger charge is -2.11. The average molecular weight is 367 g/mol. The van der Waals surface area contributed by atoms with Crippen molar-refractivity contribution >= 4 is 34.9 Å². The van der Waals surface area contributed by atoms with Gasteiger partial charge in [-0.1, -0.05) is 42.6 Å². The molecule has 0 saturated carbocycles. The Balaban J connectivity index is 2.22. The Hall–Kier alpha value is -1.85. The van der Waals surface area contributed by atoms with Crippen molar-refractivity contribution in [3.8, 4) is 0 Å². The fourth-order valence-corrected chi connectivity index (χ4v) is 2.63. The first kappa shape index (κ1) is 18.5. The first-order chi connectivity index (χ1) is 11.4. The summed E-state index contributed by atoms with van der Waals surface area (Å²) in [5, 5.41) is 11.9. The highest BCUT2D eigenvalue weighted by atomic mass is 35.5. The quantitative estimate of drug-likeness (QED) is 0.634. The van der Waals surface area contributed by atoms with Gasteiger partial charge in [-0.2, -0.15) is 0 Å². The van der Waals surface area contributed by atoms with E-state index in [2.05, 4.69) is 22.2 Å². The lowest BCUT2D eigenvalue weighted by Crippen LogP contribution is -2.22. The molecule has 1 aromatic carbocycles. The third-order valence-corrected chi connectivity index (χ3v) is 4.33. The van der Waals surface area contributed by atoms with Crippen molar-refractivity contribution in [1.82, 2.24) is 9.97 Å². The van der Waals surface area contributed by atoms with Gasteiger partial charge in [-0.15, -0.1) is 0 Å². The number of H-pyrrole nitrogens is 1. The molecule has 3 N–H and O–H groups in total. The standard InChI is InChI=1S/C17H20Cl2N4O/c1-3-4-5-12-15(10(2)20)22-17(23-16(12)24)21-9-11-6-7-13(18)14(19)8-11/h6-8,20H,3-5,9H2,1-2H3,(H2,21,22,23,24). The predicted molar refractivity (Wildman–Crippen MR) is 99.8 cm³/mol. The van der Waals surface area contributed by atoms with Crippen LogP contribution in [0.5, 0.6) is 0 Å². The molecule has 0 fully saturated rings.